The van der Waals surface area contributed by atoms with Gasteiger partial charge in [-0.2, -0.15) is 0 Å². The summed E-state index contributed by atoms with van der Waals surface area (Å²) in [6, 6.07) is 0.189. The molecule has 1 aliphatic heterocycles. The molecular weight excluding hydrogens is 278 g/mol. The molecule has 0 aromatic rings. The first-order chi connectivity index (χ1) is 10.5. The van der Waals surface area contributed by atoms with Crippen LogP contribution < -0.4 is 10.6 Å². The molecule has 3 atom stereocenters. The zero-order chi connectivity index (χ0) is 15.7. The third kappa shape index (κ3) is 3.14. The molecule has 0 radical (unpaired) electrons. The van der Waals surface area contributed by atoms with Crippen molar-refractivity contribution in [2.24, 2.45) is 17.3 Å². The highest BCUT2D eigenvalue weighted by Gasteiger charge is 2.57. The molecule has 1 heterocycles. The largest absolute Gasteiger partial charge is 0.353 e. The summed E-state index contributed by atoms with van der Waals surface area (Å²) in [7, 11) is 3.63. The Morgan fingerprint density at radius 1 is 1.18 bits per heavy atom. The highest BCUT2D eigenvalue weighted by Crippen LogP contribution is 2.58. The van der Waals surface area contributed by atoms with Crippen molar-refractivity contribution in [3.05, 3.63) is 0 Å². The van der Waals surface area contributed by atoms with Gasteiger partial charge in [0.05, 0.1) is 0 Å². The Balaban J connectivity index is 1.50. The van der Waals surface area contributed by atoms with Gasteiger partial charge in [-0.05, 0) is 57.0 Å². The molecule has 3 aliphatic rings. The third-order valence-corrected chi connectivity index (χ3v) is 5.92. The molecule has 5 nitrogen and oxygen atoms in total. The smallest absolute Gasteiger partial charge is 0.225 e. The summed E-state index contributed by atoms with van der Waals surface area (Å²) < 4.78 is 0. The maximum absolute atomic E-state index is 12.5. The van der Waals surface area contributed by atoms with E-state index in [9.17, 15) is 9.59 Å². The number of nitrogens with zero attached hydrogens (tertiary/aromatic N) is 1. The highest BCUT2D eigenvalue weighted by molar-refractivity contribution is 5.83. The van der Waals surface area contributed by atoms with Crippen LogP contribution in [0.2, 0.25) is 0 Å². The minimum Gasteiger partial charge on any atom is -0.353 e. The van der Waals surface area contributed by atoms with Crippen molar-refractivity contribution in [3.8, 4) is 0 Å². The maximum Gasteiger partial charge on any atom is 0.225 e. The van der Waals surface area contributed by atoms with E-state index in [1.807, 2.05) is 14.1 Å². The summed E-state index contributed by atoms with van der Waals surface area (Å²) in [6.45, 7) is 2.10. The number of carbonyl (C=O) groups excluding carboxylic acids is 2. The lowest BCUT2D eigenvalue weighted by Gasteiger charge is -2.31. The molecule has 2 saturated carbocycles. The summed E-state index contributed by atoms with van der Waals surface area (Å²) in [5, 5.41) is 6.62. The molecule has 2 amide bonds. The molecular formula is C17H29N3O2. The van der Waals surface area contributed by atoms with Gasteiger partial charge in [0.2, 0.25) is 11.8 Å². The molecule has 1 saturated heterocycles. The fourth-order valence-electron chi connectivity index (χ4n) is 4.41. The van der Waals surface area contributed by atoms with Gasteiger partial charge in [0, 0.05) is 32.0 Å². The van der Waals surface area contributed by atoms with E-state index in [1.165, 1.54) is 0 Å². The van der Waals surface area contributed by atoms with Gasteiger partial charge in [-0.15, -0.1) is 0 Å². The van der Waals surface area contributed by atoms with E-state index < -0.39 is 0 Å². The molecule has 5 heteroatoms. The predicted octanol–water partition coefficient (Wildman–Crippen LogP) is 1.14. The normalized spacial score (nSPS) is 33.3. The minimum atomic E-state index is 0.0843. The van der Waals surface area contributed by atoms with Crippen LogP contribution in [0, 0.1) is 17.3 Å². The average molecular weight is 307 g/mol. The fourth-order valence-corrected chi connectivity index (χ4v) is 4.41. The number of amides is 2. The van der Waals surface area contributed by atoms with E-state index in [2.05, 4.69) is 10.6 Å². The lowest BCUT2D eigenvalue weighted by atomic mass is 9.84. The first-order valence-corrected chi connectivity index (χ1v) is 8.74. The van der Waals surface area contributed by atoms with Crippen LogP contribution >= 0.6 is 0 Å². The molecule has 22 heavy (non-hydrogen) atoms. The number of piperidine rings is 1. The van der Waals surface area contributed by atoms with Crippen LogP contribution in [0.5, 0.6) is 0 Å². The zero-order valence-corrected chi connectivity index (χ0v) is 13.9. The molecule has 2 aliphatic carbocycles. The van der Waals surface area contributed by atoms with Crippen LogP contribution in [0.4, 0.5) is 0 Å². The van der Waals surface area contributed by atoms with E-state index in [1.54, 1.807) is 4.90 Å². The SMILES string of the molecule is CN(C)C(=O)C1CCCC(NC(=O)C2CC23CCNCC3)C1. The van der Waals surface area contributed by atoms with Crippen LogP contribution in [0.25, 0.3) is 0 Å². The second-order valence-electron chi connectivity index (χ2n) is 7.67. The van der Waals surface area contributed by atoms with Gasteiger partial charge in [0.1, 0.15) is 0 Å². The number of carbonyl (C=O) groups is 2. The fraction of sp³-hybridized carbons (Fsp3) is 0.882. The molecule has 0 bridgehead atoms. The summed E-state index contributed by atoms with van der Waals surface area (Å²) in [5.41, 5.74) is 0.295. The number of rotatable bonds is 3. The maximum atomic E-state index is 12.5. The summed E-state index contributed by atoms with van der Waals surface area (Å²) in [6.07, 6.45) is 7.16. The zero-order valence-electron chi connectivity index (χ0n) is 13.9. The van der Waals surface area contributed by atoms with Crippen molar-refractivity contribution < 1.29 is 9.59 Å². The van der Waals surface area contributed by atoms with E-state index in [4.69, 9.17) is 0 Å². The molecule has 3 unspecified atom stereocenters. The second-order valence-corrected chi connectivity index (χ2v) is 7.67. The van der Waals surface area contributed by atoms with Gasteiger partial charge >= 0.3 is 0 Å². The Hall–Kier alpha value is -1.10. The topological polar surface area (TPSA) is 61.4 Å². The Bertz CT molecular complexity index is 443. The van der Waals surface area contributed by atoms with E-state index >= 15 is 0 Å². The van der Waals surface area contributed by atoms with Crippen LogP contribution in [-0.2, 0) is 9.59 Å². The van der Waals surface area contributed by atoms with Gasteiger partial charge in [-0.25, -0.2) is 0 Å². The van der Waals surface area contributed by atoms with Gasteiger partial charge < -0.3 is 15.5 Å². The standard InChI is InChI=1S/C17H29N3O2/c1-20(2)16(22)12-4-3-5-13(10-12)19-15(21)14-11-17(14)6-8-18-9-7-17/h12-14,18H,3-11H2,1-2H3,(H,19,21). The lowest BCUT2D eigenvalue weighted by Crippen LogP contribution is -2.43. The molecule has 3 rings (SSSR count). The average Bonchev–Trinajstić information content (AvgIpc) is 3.20. The van der Waals surface area contributed by atoms with Gasteiger partial charge in [0.25, 0.3) is 0 Å². The summed E-state index contributed by atoms with van der Waals surface area (Å²) in [5.74, 6) is 0.755. The number of nitrogens with one attached hydrogen (secondary N) is 2. The molecule has 1 spiro atoms. The first-order valence-electron chi connectivity index (χ1n) is 8.74. The quantitative estimate of drug-likeness (QED) is 0.822. The monoisotopic (exact) mass is 307 g/mol. The van der Waals surface area contributed by atoms with Crippen LogP contribution in [0.1, 0.15) is 44.9 Å². The van der Waals surface area contributed by atoms with E-state index in [-0.39, 0.29) is 29.7 Å². The van der Waals surface area contributed by atoms with Crippen LogP contribution in [-0.4, -0.2) is 49.9 Å². The van der Waals surface area contributed by atoms with Crippen molar-refractivity contribution in [1.29, 1.82) is 0 Å². The Morgan fingerprint density at radius 3 is 2.59 bits per heavy atom. The first kappa shape index (κ1) is 15.8. The molecule has 124 valence electrons. The molecule has 2 N–H and O–H groups in total. The Morgan fingerprint density at radius 2 is 1.91 bits per heavy atom. The Kier molecular flexibility index (Phi) is 4.44. The van der Waals surface area contributed by atoms with Crippen molar-refractivity contribution in [3.63, 3.8) is 0 Å². The predicted molar refractivity (Wildman–Crippen MR) is 85.2 cm³/mol. The van der Waals surface area contributed by atoms with E-state index in [0.29, 0.717) is 5.41 Å². The molecule has 3 fully saturated rings. The van der Waals surface area contributed by atoms with Gasteiger partial charge in [0.15, 0.2) is 0 Å². The third-order valence-electron chi connectivity index (χ3n) is 5.92. The number of hydrogen-bond acceptors (Lipinski definition) is 3. The van der Waals surface area contributed by atoms with E-state index in [0.717, 1.165) is 58.0 Å². The second kappa shape index (κ2) is 6.19. The van der Waals surface area contributed by atoms with Crippen molar-refractivity contribution >= 4 is 11.8 Å². The molecule has 0 aromatic carbocycles. The Labute approximate surface area is 133 Å². The van der Waals surface area contributed by atoms with Crippen molar-refractivity contribution in [2.45, 2.75) is 51.0 Å². The van der Waals surface area contributed by atoms with Crippen LogP contribution in [0.3, 0.4) is 0 Å². The van der Waals surface area contributed by atoms with Crippen molar-refractivity contribution in [2.75, 3.05) is 27.2 Å². The van der Waals surface area contributed by atoms with Gasteiger partial charge in [-0.1, -0.05) is 6.42 Å². The summed E-state index contributed by atoms with van der Waals surface area (Å²) >= 11 is 0. The lowest BCUT2D eigenvalue weighted by molar-refractivity contribution is -0.135. The van der Waals surface area contributed by atoms with Crippen LogP contribution in [0.15, 0.2) is 0 Å². The summed E-state index contributed by atoms with van der Waals surface area (Å²) in [4.78, 5) is 26.3. The van der Waals surface area contributed by atoms with Gasteiger partial charge in [-0.3, -0.25) is 9.59 Å². The highest BCUT2D eigenvalue weighted by atomic mass is 16.2. The van der Waals surface area contributed by atoms with Crippen molar-refractivity contribution in [1.82, 2.24) is 15.5 Å². The minimum absolute atomic E-state index is 0.0843. The molecule has 0 aromatic heterocycles. The number of hydrogen-bond donors (Lipinski definition) is 2.